The van der Waals surface area contributed by atoms with E-state index in [1.165, 1.54) is 18.3 Å². The van der Waals surface area contributed by atoms with Crippen molar-refractivity contribution in [2.45, 2.75) is 19.4 Å². The summed E-state index contributed by atoms with van der Waals surface area (Å²) in [5.41, 5.74) is 1.25. The summed E-state index contributed by atoms with van der Waals surface area (Å²) < 4.78 is 5.65. The summed E-state index contributed by atoms with van der Waals surface area (Å²) >= 11 is 5.94. The van der Waals surface area contributed by atoms with Crippen LogP contribution in [0.25, 0.3) is 0 Å². The number of halogens is 1. The third-order valence-electron chi connectivity index (χ3n) is 3.74. The molecule has 3 rings (SSSR count). The molecule has 134 valence electrons. The van der Waals surface area contributed by atoms with Crippen molar-refractivity contribution < 1.29 is 14.3 Å². The van der Waals surface area contributed by atoms with Gasteiger partial charge in [-0.3, -0.25) is 9.59 Å². The summed E-state index contributed by atoms with van der Waals surface area (Å²) in [7, 11) is 1.53. The third kappa shape index (κ3) is 4.58. The van der Waals surface area contributed by atoms with Gasteiger partial charge in [0.15, 0.2) is 0 Å². The normalized spacial score (nSPS) is 14.0. The highest BCUT2D eigenvalue weighted by molar-refractivity contribution is 6.43. The number of hydrogen-bond donors (Lipinski definition) is 1. The maximum atomic E-state index is 12.2. The van der Waals surface area contributed by atoms with Crippen LogP contribution >= 0.6 is 11.6 Å². The minimum absolute atomic E-state index is 0.110. The van der Waals surface area contributed by atoms with E-state index < -0.39 is 0 Å². The lowest BCUT2D eigenvalue weighted by molar-refractivity contribution is -0.130. The number of hydrazone groups is 1. The Hall–Kier alpha value is -2.93. The molecule has 1 aliphatic rings. The zero-order valence-corrected chi connectivity index (χ0v) is 14.9. The molecule has 2 amide bonds. The number of carbonyl (C=O) groups excluding carboxylic acids is 2. The molecule has 0 fully saturated rings. The van der Waals surface area contributed by atoms with E-state index in [0.717, 1.165) is 5.56 Å². The minimum Gasteiger partial charge on any atom is -0.487 e. The van der Waals surface area contributed by atoms with Gasteiger partial charge in [0.25, 0.3) is 5.91 Å². The van der Waals surface area contributed by atoms with Crippen LogP contribution in [0.1, 0.15) is 18.4 Å². The quantitative estimate of drug-likeness (QED) is 0.874. The molecule has 26 heavy (non-hydrogen) atoms. The van der Waals surface area contributed by atoms with Crippen LogP contribution in [0.15, 0.2) is 47.7 Å². The number of benzene rings is 1. The van der Waals surface area contributed by atoms with Crippen LogP contribution in [0.3, 0.4) is 0 Å². The maximum absolute atomic E-state index is 12.2. The fourth-order valence-corrected chi connectivity index (χ4v) is 2.57. The summed E-state index contributed by atoms with van der Waals surface area (Å²) in [4.78, 5) is 27.7. The summed E-state index contributed by atoms with van der Waals surface area (Å²) in [5.74, 6) is 0.473. The highest BCUT2D eigenvalue weighted by Gasteiger charge is 2.22. The molecule has 0 saturated carbocycles. The second-order valence-corrected chi connectivity index (χ2v) is 6.15. The number of ether oxygens (including phenoxy) is 1. The average molecular weight is 373 g/mol. The minimum atomic E-state index is -0.371. The number of hydrogen-bond acceptors (Lipinski definition) is 5. The largest absolute Gasteiger partial charge is 0.487 e. The molecule has 1 N–H and O–H groups in total. The predicted octanol–water partition coefficient (Wildman–Crippen LogP) is 2.86. The Balaban J connectivity index is 1.57. The number of amides is 2. The van der Waals surface area contributed by atoms with Gasteiger partial charge in [0.2, 0.25) is 5.91 Å². The Kier molecular flexibility index (Phi) is 5.48. The van der Waals surface area contributed by atoms with Gasteiger partial charge < -0.3 is 10.1 Å². The molecule has 2 aromatic rings. The van der Waals surface area contributed by atoms with Crippen molar-refractivity contribution in [2.24, 2.45) is 5.10 Å². The van der Waals surface area contributed by atoms with E-state index in [9.17, 15) is 9.59 Å². The Morgan fingerprint density at radius 2 is 2.15 bits per heavy atom. The van der Waals surface area contributed by atoms with E-state index >= 15 is 0 Å². The van der Waals surface area contributed by atoms with Gasteiger partial charge in [-0.25, -0.2) is 9.99 Å². The Morgan fingerprint density at radius 3 is 2.85 bits per heavy atom. The molecular formula is C18H17ClN4O3. The molecule has 2 heterocycles. The second kappa shape index (κ2) is 7.97. The van der Waals surface area contributed by atoms with Crippen molar-refractivity contribution in [2.75, 3.05) is 12.4 Å². The fourth-order valence-electron chi connectivity index (χ4n) is 2.35. The number of aromatic nitrogens is 1. The van der Waals surface area contributed by atoms with Crippen molar-refractivity contribution >= 4 is 34.9 Å². The van der Waals surface area contributed by atoms with Gasteiger partial charge in [0.1, 0.15) is 23.9 Å². The predicted molar refractivity (Wildman–Crippen MR) is 98.1 cm³/mol. The number of nitrogens with one attached hydrogen (secondary N) is 1. The van der Waals surface area contributed by atoms with Gasteiger partial charge in [0.05, 0.1) is 6.20 Å². The summed E-state index contributed by atoms with van der Waals surface area (Å²) in [6.45, 7) is 0.366. The van der Waals surface area contributed by atoms with Gasteiger partial charge in [-0.1, -0.05) is 23.7 Å². The van der Waals surface area contributed by atoms with Gasteiger partial charge in [-0.05, 0) is 29.8 Å². The van der Waals surface area contributed by atoms with E-state index in [0.29, 0.717) is 35.3 Å². The fraction of sp³-hybridized carbons (Fsp3) is 0.222. The zero-order chi connectivity index (χ0) is 18.5. The van der Waals surface area contributed by atoms with Gasteiger partial charge in [-0.2, -0.15) is 5.10 Å². The SMILES string of the molecule is CN1N=C(C(=O)Nc2ccc(OCc3cccc(Cl)c3)cn2)CCC1=O. The molecule has 0 bridgehead atoms. The van der Waals surface area contributed by atoms with Crippen molar-refractivity contribution in [3.05, 3.63) is 53.2 Å². The summed E-state index contributed by atoms with van der Waals surface area (Å²) in [6.07, 6.45) is 2.11. The van der Waals surface area contributed by atoms with Crippen LogP contribution in [-0.4, -0.2) is 34.6 Å². The summed E-state index contributed by atoms with van der Waals surface area (Å²) in [6, 6.07) is 10.8. The van der Waals surface area contributed by atoms with Crippen molar-refractivity contribution in [3.8, 4) is 5.75 Å². The highest BCUT2D eigenvalue weighted by Crippen LogP contribution is 2.16. The number of carbonyl (C=O) groups is 2. The molecule has 1 aromatic heterocycles. The topological polar surface area (TPSA) is 83.9 Å². The molecule has 0 aliphatic carbocycles. The first kappa shape index (κ1) is 17.9. The van der Waals surface area contributed by atoms with Crippen molar-refractivity contribution in [3.63, 3.8) is 0 Å². The second-order valence-electron chi connectivity index (χ2n) is 5.72. The first-order valence-corrected chi connectivity index (χ1v) is 8.38. The average Bonchev–Trinajstić information content (AvgIpc) is 2.63. The monoisotopic (exact) mass is 372 g/mol. The molecule has 1 aromatic carbocycles. The molecule has 0 spiro atoms. The Morgan fingerprint density at radius 1 is 1.31 bits per heavy atom. The lowest BCUT2D eigenvalue weighted by Gasteiger charge is -2.18. The van der Waals surface area contributed by atoms with Crippen LogP contribution in [-0.2, 0) is 16.2 Å². The molecule has 0 atom stereocenters. The first-order chi connectivity index (χ1) is 12.5. The molecule has 0 saturated heterocycles. The third-order valence-corrected chi connectivity index (χ3v) is 3.98. The van der Waals surface area contributed by atoms with Gasteiger partial charge >= 0.3 is 0 Å². The van der Waals surface area contributed by atoms with E-state index in [4.69, 9.17) is 16.3 Å². The number of nitrogens with zero attached hydrogens (tertiary/aromatic N) is 3. The zero-order valence-electron chi connectivity index (χ0n) is 14.1. The number of pyridine rings is 1. The Labute approximate surface area is 155 Å². The number of rotatable bonds is 5. The van der Waals surface area contributed by atoms with Crippen molar-refractivity contribution in [1.82, 2.24) is 9.99 Å². The molecular weight excluding hydrogens is 356 g/mol. The van der Waals surface area contributed by atoms with E-state index in [2.05, 4.69) is 15.4 Å². The van der Waals surface area contributed by atoms with Crippen LogP contribution in [0.5, 0.6) is 5.75 Å². The van der Waals surface area contributed by atoms with Crippen LogP contribution in [0.2, 0.25) is 5.02 Å². The molecule has 0 radical (unpaired) electrons. The molecule has 1 aliphatic heterocycles. The first-order valence-electron chi connectivity index (χ1n) is 8.00. The summed E-state index contributed by atoms with van der Waals surface area (Å²) in [5, 5.41) is 8.47. The highest BCUT2D eigenvalue weighted by atomic mass is 35.5. The van der Waals surface area contributed by atoms with E-state index in [1.807, 2.05) is 18.2 Å². The lowest BCUT2D eigenvalue weighted by Crippen LogP contribution is -2.34. The van der Waals surface area contributed by atoms with E-state index in [-0.39, 0.29) is 18.2 Å². The molecule has 8 heteroatoms. The molecule has 0 unspecified atom stereocenters. The van der Waals surface area contributed by atoms with Crippen LogP contribution in [0, 0.1) is 0 Å². The smallest absolute Gasteiger partial charge is 0.273 e. The van der Waals surface area contributed by atoms with Gasteiger partial charge in [0, 0.05) is 24.9 Å². The van der Waals surface area contributed by atoms with E-state index in [1.54, 1.807) is 18.2 Å². The number of anilines is 1. The van der Waals surface area contributed by atoms with Crippen LogP contribution in [0.4, 0.5) is 5.82 Å². The lowest BCUT2D eigenvalue weighted by atomic mass is 10.1. The van der Waals surface area contributed by atoms with Crippen LogP contribution < -0.4 is 10.1 Å². The van der Waals surface area contributed by atoms with Crippen molar-refractivity contribution in [1.29, 1.82) is 0 Å². The maximum Gasteiger partial charge on any atom is 0.273 e. The van der Waals surface area contributed by atoms with Gasteiger partial charge in [-0.15, -0.1) is 0 Å². The Bertz CT molecular complexity index is 852. The standard InChI is InChI=1S/C18H17ClN4O3/c1-23-17(24)8-6-15(22-23)18(25)21-16-7-5-14(10-20-16)26-11-12-3-2-4-13(19)9-12/h2-5,7,9-10H,6,8,11H2,1H3,(H,20,21,25). The molecule has 7 nitrogen and oxygen atoms in total.